The van der Waals surface area contributed by atoms with E-state index in [2.05, 4.69) is 5.10 Å². The minimum absolute atomic E-state index is 0.209. The summed E-state index contributed by atoms with van der Waals surface area (Å²) in [7, 11) is 3.06. The molecule has 0 atom stereocenters. The lowest BCUT2D eigenvalue weighted by molar-refractivity contribution is 0.376. The van der Waals surface area contributed by atoms with Crippen LogP contribution in [0.4, 0.5) is 5.69 Å². The van der Waals surface area contributed by atoms with Gasteiger partial charge in [-0.05, 0) is 6.07 Å². The van der Waals surface area contributed by atoms with Crippen molar-refractivity contribution in [3.63, 3.8) is 0 Å². The lowest BCUT2D eigenvalue weighted by Gasteiger charge is -2.10. The molecule has 0 aliphatic rings. The first-order chi connectivity index (χ1) is 9.13. The third-order valence-corrected chi connectivity index (χ3v) is 2.68. The van der Waals surface area contributed by atoms with E-state index in [1.54, 1.807) is 19.2 Å². The third kappa shape index (κ3) is 2.85. The summed E-state index contributed by atoms with van der Waals surface area (Å²) in [4.78, 5) is 11.7. The molecule has 1 heterocycles. The molecular formula is C13H15N3O3. The van der Waals surface area contributed by atoms with Gasteiger partial charge in [0, 0.05) is 29.4 Å². The van der Waals surface area contributed by atoms with E-state index < -0.39 is 0 Å². The summed E-state index contributed by atoms with van der Waals surface area (Å²) in [6.45, 7) is 0.291. The Balaban J connectivity index is 2.38. The summed E-state index contributed by atoms with van der Waals surface area (Å²) >= 11 is 0. The van der Waals surface area contributed by atoms with Crippen LogP contribution in [0.5, 0.6) is 11.6 Å². The molecule has 2 aromatic rings. The van der Waals surface area contributed by atoms with Crippen LogP contribution in [0.1, 0.15) is 5.56 Å². The summed E-state index contributed by atoms with van der Waals surface area (Å²) < 4.78 is 11.6. The number of rotatable bonds is 4. The molecule has 0 spiro atoms. The summed E-state index contributed by atoms with van der Waals surface area (Å²) in [6.07, 6.45) is 0. The van der Waals surface area contributed by atoms with Crippen molar-refractivity contribution in [1.29, 1.82) is 0 Å². The van der Waals surface area contributed by atoms with Gasteiger partial charge in [-0.2, -0.15) is 0 Å². The highest BCUT2D eigenvalue weighted by molar-refractivity contribution is 5.48. The van der Waals surface area contributed by atoms with Crippen molar-refractivity contribution >= 4 is 5.69 Å². The number of hydrogen-bond acceptors (Lipinski definition) is 5. The molecule has 0 saturated carbocycles. The van der Waals surface area contributed by atoms with Gasteiger partial charge in [0.25, 0.3) is 5.56 Å². The maximum Gasteiger partial charge on any atom is 0.267 e. The minimum atomic E-state index is -0.209. The number of aromatic nitrogens is 2. The fraction of sp³-hybridized carbons (Fsp3) is 0.231. The molecule has 0 unspecified atom stereocenters. The zero-order chi connectivity index (χ0) is 13.8. The Morgan fingerprint density at radius 1 is 1.21 bits per heavy atom. The van der Waals surface area contributed by atoms with Gasteiger partial charge in [-0.25, -0.2) is 4.68 Å². The Hall–Kier alpha value is -2.50. The number of methoxy groups -OCH3 is 2. The van der Waals surface area contributed by atoms with E-state index in [1.165, 1.54) is 23.9 Å². The van der Waals surface area contributed by atoms with Crippen LogP contribution in [0.15, 0.2) is 35.1 Å². The standard InChI is InChI=1S/C13H15N3O3/c1-18-11-7-10(14)4-3-9(11)8-16-13(17)6-5-12(15-16)19-2/h3-7H,8,14H2,1-2H3. The Morgan fingerprint density at radius 3 is 2.68 bits per heavy atom. The van der Waals surface area contributed by atoms with Crippen molar-refractivity contribution < 1.29 is 9.47 Å². The number of hydrogen-bond donors (Lipinski definition) is 1. The van der Waals surface area contributed by atoms with Crippen LogP contribution in [0.3, 0.4) is 0 Å². The average molecular weight is 261 g/mol. The molecule has 19 heavy (non-hydrogen) atoms. The molecule has 0 fully saturated rings. The molecule has 0 saturated heterocycles. The SMILES string of the molecule is COc1ccc(=O)n(Cc2ccc(N)cc2OC)n1. The fourth-order valence-corrected chi connectivity index (χ4v) is 1.71. The average Bonchev–Trinajstić information content (AvgIpc) is 2.43. The maximum atomic E-state index is 11.7. The summed E-state index contributed by atoms with van der Waals surface area (Å²) in [5.74, 6) is 1.01. The quantitative estimate of drug-likeness (QED) is 0.827. The number of benzene rings is 1. The van der Waals surface area contributed by atoms with Gasteiger partial charge < -0.3 is 15.2 Å². The topological polar surface area (TPSA) is 79.4 Å². The Kier molecular flexibility index (Phi) is 3.70. The molecule has 6 nitrogen and oxygen atoms in total. The van der Waals surface area contributed by atoms with Crippen molar-refractivity contribution in [3.8, 4) is 11.6 Å². The number of ether oxygens (including phenoxy) is 2. The molecule has 0 amide bonds. The highest BCUT2D eigenvalue weighted by Gasteiger charge is 2.07. The molecular weight excluding hydrogens is 246 g/mol. The number of nitrogens with zero attached hydrogens (tertiary/aromatic N) is 2. The van der Waals surface area contributed by atoms with Gasteiger partial charge in [-0.1, -0.05) is 6.07 Å². The van der Waals surface area contributed by atoms with E-state index in [4.69, 9.17) is 15.2 Å². The predicted octanol–water partition coefficient (Wildman–Crippen LogP) is 0.891. The van der Waals surface area contributed by atoms with E-state index in [0.29, 0.717) is 23.9 Å². The molecule has 1 aromatic carbocycles. The third-order valence-electron chi connectivity index (χ3n) is 2.68. The van der Waals surface area contributed by atoms with Crippen molar-refractivity contribution in [2.24, 2.45) is 0 Å². The van der Waals surface area contributed by atoms with Crippen LogP contribution < -0.4 is 20.8 Å². The second-order valence-electron chi connectivity index (χ2n) is 3.94. The Labute approximate surface area is 110 Å². The van der Waals surface area contributed by atoms with Crippen molar-refractivity contribution in [2.45, 2.75) is 6.54 Å². The first-order valence-electron chi connectivity index (χ1n) is 5.68. The second-order valence-corrected chi connectivity index (χ2v) is 3.94. The lowest BCUT2D eigenvalue weighted by atomic mass is 10.2. The van der Waals surface area contributed by atoms with Crippen LogP contribution in [-0.4, -0.2) is 24.0 Å². The number of nitrogen functional groups attached to an aromatic ring is 1. The van der Waals surface area contributed by atoms with E-state index in [1.807, 2.05) is 6.07 Å². The van der Waals surface area contributed by atoms with E-state index in [-0.39, 0.29) is 5.56 Å². The first-order valence-corrected chi connectivity index (χ1v) is 5.68. The first kappa shape index (κ1) is 12.9. The van der Waals surface area contributed by atoms with Crippen LogP contribution in [0, 0.1) is 0 Å². The Bertz CT molecular complexity index is 637. The van der Waals surface area contributed by atoms with Crippen molar-refractivity contribution in [3.05, 3.63) is 46.2 Å². The molecule has 1 aromatic heterocycles. The van der Waals surface area contributed by atoms with Crippen LogP contribution in [0.25, 0.3) is 0 Å². The van der Waals surface area contributed by atoms with Crippen molar-refractivity contribution in [1.82, 2.24) is 9.78 Å². The monoisotopic (exact) mass is 261 g/mol. The maximum absolute atomic E-state index is 11.7. The minimum Gasteiger partial charge on any atom is -0.496 e. The molecule has 0 bridgehead atoms. The summed E-state index contributed by atoms with van der Waals surface area (Å²) in [5.41, 5.74) is 6.90. The summed E-state index contributed by atoms with van der Waals surface area (Å²) in [6, 6.07) is 8.21. The van der Waals surface area contributed by atoms with E-state index >= 15 is 0 Å². The normalized spacial score (nSPS) is 10.2. The molecule has 2 N–H and O–H groups in total. The molecule has 0 aliphatic carbocycles. The van der Waals surface area contributed by atoms with Gasteiger partial charge in [-0.3, -0.25) is 4.79 Å². The molecule has 100 valence electrons. The smallest absolute Gasteiger partial charge is 0.267 e. The van der Waals surface area contributed by atoms with Gasteiger partial charge in [0.05, 0.1) is 20.8 Å². The van der Waals surface area contributed by atoms with E-state index in [0.717, 1.165) is 5.56 Å². The number of anilines is 1. The van der Waals surface area contributed by atoms with Gasteiger partial charge >= 0.3 is 0 Å². The van der Waals surface area contributed by atoms with Gasteiger partial charge in [0.2, 0.25) is 5.88 Å². The highest BCUT2D eigenvalue weighted by atomic mass is 16.5. The lowest BCUT2D eigenvalue weighted by Crippen LogP contribution is -2.22. The van der Waals surface area contributed by atoms with Gasteiger partial charge in [0.1, 0.15) is 5.75 Å². The van der Waals surface area contributed by atoms with E-state index in [9.17, 15) is 4.79 Å². The van der Waals surface area contributed by atoms with Crippen LogP contribution in [0.2, 0.25) is 0 Å². The Morgan fingerprint density at radius 2 is 2.00 bits per heavy atom. The largest absolute Gasteiger partial charge is 0.496 e. The number of nitrogens with two attached hydrogens (primary N) is 1. The van der Waals surface area contributed by atoms with Gasteiger partial charge in [-0.15, -0.1) is 5.10 Å². The predicted molar refractivity (Wildman–Crippen MR) is 71.6 cm³/mol. The van der Waals surface area contributed by atoms with Gasteiger partial charge in [0.15, 0.2) is 0 Å². The zero-order valence-corrected chi connectivity index (χ0v) is 10.8. The van der Waals surface area contributed by atoms with Crippen LogP contribution in [-0.2, 0) is 6.54 Å². The van der Waals surface area contributed by atoms with Crippen molar-refractivity contribution in [2.75, 3.05) is 20.0 Å². The zero-order valence-electron chi connectivity index (χ0n) is 10.8. The summed E-state index contributed by atoms with van der Waals surface area (Å²) in [5, 5.41) is 4.08. The fourth-order valence-electron chi connectivity index (χ4n) is 1.71. The van der Waals surface area contributed by atoms with Crippen LogP contribution >= 0.6 is 0 Å². The molecule has 2 rings (SSSR count). The highest BCUT2D eigenvalue weighted by Crippen LogP contribution is 2.21. The molecule has 0 radical (unpaired) electrons. The molecule has 0 aliphatic heterocycles. The molecule has 6 heteroatoms. The second kappa shape index (κ2) is 5.43.